The van der Waals surface area contributed by atoms with Crippen molar-refractivity contribution in [2.75, 3.05) is 5.32 Å². The molecule has 82 valence electrons. The molecule has 0 aromatic heterocycles. The highest BCUT2D eigenvalue weighted by atomic mass is 16.1. The zero-order chi connectivity index (χ0) is 11.1. The van der Waals surface area contributed by atoms with Crippen LogP contribution in [0.3, 0.4) is 0 Å². The molecule has 1 aliphatic heterocycles. The summed E-state index contributed by atoms with van der Waals surface area (Å²) in [6, 6.07) is 7.92. The van der Waals surface area contributed by atoms with Gasteiger partial charge in [-0.3, -0.25) is 4.79 Å². The average Bonchev–Trinajstić information content (AvgIpc) is 2.29. The van der Waals surface area contributed by atoms with E-state index in [1.54, 1.807) is 0 Å². The molecule has 0 radical (unpaired) electrons. The Labute approximate surface area is 91.7 Å². The predicted molar refractivity (Wildman–Crippen MR) is 64.0 cm³/mol. The van der Waals surface area contributed by atoms with Gasteiger partial charge in [-0.15, -0.1) is 0 Å². The predicted octanol–water partition coefficient (Wildman–Crippen LogP) is 3.38. The SMILES string of the molecule is CCCC.O=C1CCc2ccccc2N1. The van der Waals surface area contributed by atoms with Gasteiger partial charge in [0.25, 0.3) is 0 Å². The molecule has 0 bridgehead atoms. The lowest BCUT2D eigenvalue weighted by Gasteiger charge is -2.15. The maximum absolute atomic E-state index is 10.9. The van der Waals surface area contributed by atoms with Crippen LogP contribution in [-0.2, 0) is 11.2 Å². The van der Waals surface area contributed by atoms with Crippen molar-refractivity contribution in [3.05, 3.63) is 29.8 Å². The maximum Gasteiger partial charge on any atom is 0.224 e. The molecule has 1 N–H and O–H groups in total. The zero-order valence-corrected chi connectivity index (χ0v) is 9.55. The van der Waals surface area contributed by atoms with Crippen LogP contribution in [0.5, 0.6) is 0 Å². The van der Waals surface area contributed by atoms with E-state index >= 15 is 0 Å². The molecular formula is C13H19NO. The van der Waals surface area contributed by atoms with E-state index in [9.17, 15) is 4.79 Å². The largest absolute Gasteiger partial charge is 0.326 e. The fourth-order valence-corrected chi connectivity index (χ4v) is 1.32. The van der Waals surface area contributed by atoms with Gasteiger partial charge >= 0.3 is 0 Å². The van der Waals surface area contributed by atoms with Crippen LogP contribution in [0, 0.1) is 0 Å². The van der Waals surface area contributed by atoms with Crippen molar-refractivity contribution >= 4 is 11.6 Å². The van der Waals surface area contributed by atoms with Crippen LogP contribution < -0.4 is 5.32 Å². The molecule has 2 rings (SSSR count). The van der Waals surface area contributed by atoms with Crippen molar-refractivity contribution in [3.8, 4) is 0 Å². The Hall–Kier alpha value is -1.31. The van der Waals surface area contributed by atoms with Crippen LogP contribution in [0.2, 0.25) is 0 Å². The fraction of sp³-hybridized carbons (Fsp3) is 0.462. The Morgan fingerprint density at radius 1 is 1.13 bits per heavy atom. The topological polar surface area (TPSA) is 29.1 Å². The zero-order valence-electron chi connectivity index (χ0n) is 9.55. The Morgan fingerprint density at radius 3 is 2.47 bits per heavy atom. The number of carbonyl (C=O) groups excluding carboxylic acids is 1. The highest BCUT2D eigenvalue weighted by Gasteiger charge is 2.12. The number of fused-ring (bicyclic) bond motifs is 1. The molecule has 0 unspecified atom stereocenters. The van der Waals surface area contributed by atoms with Gasteiger partial charge in [-0.05, 0) is 18.1 Å². The normalized spacial score (nSPS) is 13.3. The van der Waals surface area contributed by atoms with Gasteiger partial charge in [0.2, 0.25) is 5.91 Å². The highest BCUT2D eigenvalue weighted by molar-refractivity contribution is 5.93. The first kappa shape index (κ1) is 11.8. The van der Waals surface area contributed by atoms with E-state index in [4.69, 9.17) is 0 Å². The Kier molecular flexibility index (Phi) is 4.88. The number of rotatable bonds is 1. The van der Waals surface area contributed by atoms with E-state index in [1.165, 1.54) is 18.4 Å². The smallest absolute Gasteiger partial charge is 0.224 e. The second-order valence-electron chi connectivity index (χ2n) is 3.71. The molecule has 0 aliphatic carbocycles. The summed E-state index contributed by atoms with van der Waals surface area (Å²) in [7, 11) is 0. The first-order chi connectivity index (χ1) is 7.27. The number of nitrogens with one attached hydrogen (secondary N) is 1. The van der Waals surface area contributed by atoms with Crippen LogP contribution in [0.15, 0.2) is 24.3 Å². The summed E-state index contributed by atoms with van der Waals surface area (Å²) in [5, 5.41) is 2.82. The van der Waals surface area contributed by atoms with E-state index < -0.39 is 0 Å². The summed E-state index contributed by atoms with van der Waals surface area (Å²) in [6.07, 6.45) is 4.14. The third-order valence-corrected chi connectivity index (χ3v) is 2.41. The third-order valence-electron chi connectivity index (χ3n) is 2.41. The van der Waals surface area contributed by atoms with E-state index in [2.05, 4.69) is 25.2 Å². The molecule has 1 amide bonds. The molecule has 1 aliphatic rings. The lowest BCUT2D eigenvalue weighted by molar-refractivity contribution is -0.116. The number of carbonyl (C=O) groups is 1. The van der Waals surface area contributed by atoms with E-state index in [0.717, 1.165) is 12.1 Å². The van der Waals surface area contributed by atoms with Crippen LogP contribution >= 0.6 is 0 Å². The first-order valence-corrected chi connectivity index (χ1v) is 5.65. The molecule has 0 spiro atoms. The second-order valence-corrected chi connectivity index (χ2v) is 3.71. The van der Waals surface area contributed by atoms with Gasteiger partial charge in [0, 0.05) is 12.1 Å². The van der Waals surface area contributed by atoms with Crippen LogP contribution in [0.25, 0.3) is 0 Å². The number of aryl methyl sites for hydroxylation is 1. The molecule has 15 heavy (non-hydrogen) atoms. The lowest BCUT2D eigenvalue weighted by Crippen LogP contribution is -2.18. The number of hydrogen-bond donors (Lipinski definition) is 1. The molecule has 0 saturated heterocycles. The highest BCUT2D eigenvalue weighted by Crippen LogP contribution is 2.20. The van der Waals surface area contributed by atoms with E-state index in [0.29, 0.717) is 6.42 Å². The Bertz CT molecular complexity index is 318. The van der Waals surface area contributed by atoms with Crippen LogP contribution in [0.1, 0.15) is 38.7 Å². The number of hydrogen-bond acceptors (Lipinski definition) is 1. The van der Waals surface area contributed by atoms with Gasteiger partial charge < -0.3 is 5.32 Å². The van der Waals surface area contributed by atoms with Crippen molar-refractivity contribution < 1.29 is 4.79 Å². The van der Waals surface area contributed by atoms with Crippen molar-refractivity contribution in [2.45, 2.75) is 39.5 Å². The third kappa shape index (κ3) is 3.74. The van der Waals surface area contributed by atoms with Crippen molar-refractivity contribution in [1.29, 1.82) is 0 Å². The first-order valence-electron chi connectivity index (χ1n) is 5.65. The number of amides is 1. The summed E-state index contributed by atoms with van der Waals surface area (Å²) in [5.41, 5.74) is 2.22. The van der Waals surface area contributed by atoms with Crippen molar-refractivity contribution in [2.24, 2.45) is 0 Å². The maximum atomic E-state index is 10.9. The van der Waals surface area contributed by atoms with Gasteiger partial charge in [0.1, 0.15) is 0 Å². The van der Waals surface area contributed by atoms with Gasteiger partial charge in [0.05, 0.1) is 0 Å². The van der Waals surface area contributed by atoms with E-state index in [1.807, 2.05) is 18.2 Å². The summed E-state index contributed by atoms with van der Waals surface area (Å²) in [5.74, 6) is 0.128. The lowest BCUT2D eigenvalue weighted by atomic mass is 10.0. The molecule has 2 nitrogen and oxygen atoms in total. The molecule has 1 aromatic carbocycles. The van der Waals surface area contributed by atoms with Gasteiger partial charge in [-0.2, -0.15) is 0 Å². The number of anilines is 1. The van der Waals surface area contributed by atoms with Crippen LogP contribution in [0.4, 0.5) is 5.69 Å². The monoisotopic (exact) mass is 205 g/mol. The number of benzene rings is 1. The fourth-order valence-electron chi connectivity index (χ4n) is 1.32. The average molecular weight is 205 g/mol. The minimum Gasteiger partial charge on any atom is -0.326 e. The molecule has 1 aromatic rings. The Morgan fingerprint density at radius 2 is 1.80 bits per heavy atom. The van der Waals surface area contributed by atoms with Crippen molar-refractivity contribution in [1.82, 2.24) is 0 Å². The summed E-state index contributed by atoms with van der Waals surface area (Å²) in [4.78, 5) is 10.9. The second kappa shape index (κ2) is 6.23. The molecular weight excluding hydrogens is 186 g/mol. The quantitative estimate of drug-likeness (QED) is 0.748. The number of para-hydroxylation sites is 1. The minimum absolute atomic E-state index is 0.128. The molecule has 0 fully saturated rings. The molecule has 0 saturated carbocycles. The van der Waals surface area contributed by atoms with Crippen LogP contribution in [-0.4, -0.2) is 5.91 Å². The summed E-state index contributed by atoms with van der Waals surface area (Å²) >= 11 is 0. The molecule has 0 atom stereocenters. The standard InChI is InChI=1S/C9H9NO.C4H10/c11-9-6-5-7-3-1-2-4-8(7)10-9;1-3-4-2/h1-4H,5-6H2,(H,10,11);3-4H2,1-2H3. The number of unbranched alkanes of at least 4 members (excludes halogenated alkanes) is 1. The van der Waals surface area contributed by atoms with E-state index in [-0.39, 0.29) is 5.91 Å². The molecule has 2 heteroatoms. The van der Waals surface area contributed by atoms with Gasteiger partial charge in [-0.1, -0.05) is 44.9 Å². The Balaban J connectivity index is 0.000000245. The van der Waals surface area contributed by atoms with Crippen molar-refractivity contribution in [3.63, 3.8) is 0 Å². The summed E-state index contributed by atoms with van der Waals surface area (Å²) in [6.45, 7) is 4.36. The van der Waals surface area contributed by atoms with Gasteiger partial charge in [0.15, 0.2) is 0 Å². The molecule has 1 heterocycles. The summed E-state index contributed by atoms with van der Waals surface area (Å²) < 4.78 is 0. The van der Waals surface area contributed by atoms with Gasteiger partial charge in [-0.25, -0.2) is 0 Å². The minimum atomic E-state index is 0.128.